The smallest absolute Gasteiger partial charge is 0.171 e. The van der Waals surface area contributed by atoms with E-state index in [1.165, 1.54) is 12.1 Å². The number of halogens is 2. The summed E-state index contributed by atoms with van der Waals surface area (Å²) in [5.74, 6) is -0.458. The minimum Gasteiger partial charge on any atom is -0.356 e. The van der Waals surface area contributed by atoms with E-state index in [0.717, 1.165) is 11.3 Å². The Labute approximate surface area is 133 Å². The molecule has 0 bridgehead atoms. The second-order valence-corrected chi connectivity index (χ2v) is 5.57. The molecule has 21 heavy (non-hydrogen) atoms. The number of nitrogens with one attached hydrogen (secondary N) is 2. The zero-order valence-electron chi connectivity index (χ0n) is 11.9. The van der Waals surface area contributed by atoms with Crippen molar-refractivity contribution in [1.82, 2.24) is 15.1 Å². The number of nitrogens with zero attached hydrogens (tertiary/aromatic N) is 2. The highest BCUT2D eigenvalue weighted by molar-refractivity contribution is 7.80. The largest absolute Gasteiger partial charge is 0.356 e. The molecule has 1 aromatic carbocycles. The molecule has 0 aliphatic carbocycles. The van der Waals surface area contributed by atoms with Crippen molar-refractivity contribution in [3.05, 3.63) is 46.5 Å². The van der Waals surface area contributed by atoms with Crippen molar-refractivity contribution in [3.8, 4) is 0 Å². The first-order valence-electron chi connectivity index (χ1n) is 6.39. The van der Waals surface area contributed by atoms with E-state index >= 15 is 0 Å². The van der Waals surface area contributed by atoms with Gasteiger partial charge in [0.25, 0.3) is 0 Å². The topological polar surface area (TPSA) is 41.9 Å². The SMILES string of the molecule is Cc1c(C(C)NC(=S)Nc2ccc(F)c(Cl)c2)cnn1C. The van der Waals surface area contributed by atoms with E-state index < -0.39 is 5.82 Å². The highest BCUT2D eigenvalue weighted by atomic mass is 35.5. The maximum Gasteiger partial charge on any atom is 0.171 e. The lowest BCUT2D eigenvalue weighted by atomic mass is 10.1. The van der Waals surface area contributed by atoms with Gasteiger partial charge in [-0.05, 0) is 44.3 Å². The molecule has 112 valence electrons. The summed E-state index contributed by atoms with van der Waals surface area (Å²) >= 11 is 11.0. The van der Waals surface area contributed by atoms with E-state index in [0.29, 0.717) is 10.8 Å². The minimum atomic E-state index is -0.458. The van der Waals surface area contributed by atoms with Crippen LogP contribution in [0.1, 0.15) is 24.2 Å². The van der Waals surface area contributed by atoms with E-state index in [2.05, 4.69) is 15.7 Å². The van der Waals surface area contributed by atoms with Crippen LogP contribution in [0.3, 0.4) is 0 Å². The first-order valence-corrected chi connectivity index (χ1v) is 7.18. The number of thiocarbonyl (C=S) groups is 1. The quantitative estimate of drug-likeness (QED) is 0.846. The zero-order valence-corrected chi connectivity index (χ0v) is 13.5. The number of aryl methyl sites for hydroxylation is 1. The van der Waals surface area contributed by atoms with E-state index in [-0.39, 0.29) is 11.1 Å². The average Bonchev–Trinajstić information content (AvgIpc) is 2.74. The first kappa shape index (κ1) is 15.7. The Hall–Kier alpha value is -1.66. The van der Waals surface area contributed by atoms with Crippen LogP contribution in [0.15, 0.2) is 24.4 Å². The number of rotatable bonds is 3. The van der Waals surface area contributed by atoms with Crippen molar-refractivity contribution < 1.29 is 4.39 Å². The van der Waals surface area contributed by atoms with Gasteiger partial charge in [0.05, 0.1) is 17.3 Å². The standard InChI is InChI=1S/C14H16ClFN4S/c1-8(11-7-17-20(3)9(11)2)18-14(21)19-10-4-5-13(16)12(15)6-10/h4-8H,1-3H3,(H2,18,19,21). The number of anilines is 1. The molecule has 7 heteroatoms. The molecule has 2 rings (SSSR count). The summed E-state index contributed by atoms with van der Waals surface area (Å²) in [6, 6.07) is 4.37. The number of hydrogen-bond acceptors (Lipinski definition) is 2. The van der Waals surface area contributed by atoms with Gasteiger partial charge < -0.3 is 10.6 Å². The first-order chi connectivity index (χ1) is 9.88. The maximum atomic E-state index is 13.1. The summed E-state index contributed by atoms with van der Waals surface area (Å²) in [6.45, 7) is 3.99. The Morgan fingerprint density at radius 2 is 2.19 bits per heavy atom. The molecule has 1 atom stereocenters. The Kier molecular flexibility index (Phi) is 4.80. The number of benzene rings is 1. The third kappa shape index (κ3) is 3.71. The Bertz CT molecular complexity index is 671. The van der Waals surface area contributed by atoms with Gasteiger partial charge in [-0.15, -0.1) is 0 Å². The Morgan fingerprint density at radius 1 is 1.48 bits per heavy atom. The predicted octanol–water partition coefficient (Wildman–Crippen LogP) is 3.57. The molecule has 2 aromatic rings. The fourth-order valence-corrected chi connectivity index (χ4v) is 2.43. The maximum absolute atomic E-state index is 13.1. The molecule has 1 unspecified atom stereocenters. The van der Waals surface area contributed by atoms with Crippen LogP contribution in [-0.4, -0.2) is 14.9 Å². The molecule has 0 aliphatic heterocycles. The fraction of sp³-hybridized carbons (Fsp3) is 0.286. The van der Waals surface area contributed by atoms with Crippen molar-refractivity contribution in [2.24, 2.45) is 7.05 Å². The lowest BCUT2D eigenvalue weighted by molar-refractivity contribution is 0.628. The van der Waals surface area contributed by atoms with E-state index in [1.54, 1.807) is 6.07 Å². The molecule has 0 fully saturated rings. The molecule has 0 saturated carbocycles. The Morgan fingerprint density at radius 3 is 2.76 bits per heavy atom. The summed E-state index contributed by atoms with van der Waals surface area (Å²) in [5.41, 5.74) is 2.77. The summed E-state index contributed by atoms with van der Waals surface area (Å²) in [5, 5.41) is 10.8. The van der Waals surface area contributed by atoms with Crippen molar-refractivity contribution in [2.45, 2.75) is 19.9 Å². The monoisotopic (exact) mass is 326 g/mol. The molecular formula is C14H16ClFN4S. The van der Waals surface area contributed by atoms with Crippen LogP contribution in [0.25, 0.3) is 0 Å². The van der Waals surface area contributed by atoms with Gasteiger partial charge >= 0.3 is 0 Å². The zero-order chi connectivity index (χ0) is 15.6. The molecule has 1 aromatic heterocycles. The van der Waals surface area contributed by atoms with Gasteiger partial charge in [-0.2, -0.15) is 5.10 Å². The molecule has 0 amide bonds. The summed E-state index contributed by atoms with van der Waals surface area (Å²) < 4.78 is 14.9. The van der Waals surface area contributed by atoms with E-state index in [4.69, 9.17) is 23.8 Å². The van der Waals surface area contributed by atoms with Crippen LogP contribution in [0.4, 0.5) is 10.1 Å². The molecular weight excluding hydrogens is 311 g/mol. The van der Waals surface area contributed by atoms with E-state index in [1.807, 2.05) is 31.8 Å². The highest BCUT2D eigenvalue weighted by Gasteiger charge is 2.13. The number of aromatic nitrogens is 2. The van der Waals surface area contributed by atoms with Crippen LogP contribution < -0.4 is 10.6 Å². The second kappa shape index (κ2) is 6.41. The predicted molar refractivity (Wildman–Crippen MR) is 87.1 cm³/mol. The van der Waals surface area contributed by atoms with Gasteiger partial charge in [0.2, 0.25) is 0 Å². The molecule has 1 heterocycles. The second-order valence-electron chi connectivity index (χ2n) is 4.76. The molecule has 0 spiro atoms. The molecule has 2 N–H and O–H groups in total. The molecule has 0 aliphatic rings. The van der Waals surface area contributed by atoms with Crippen molar-refractivity contribution in [2.75, 3.05) is 5.32 Å². The average molecular weight is 327 g/mol. The highest BCUT2D eigenvalue weighted by Crippen LogP contribution is 2.20. The van der Waals surface area contributed by atoms with E-state index in [9.17, 15) is 4.39 Å². The van der Waals surface area contributed by atoms with Gasteiger partial charge in [-0.3, -0.25) is 4.68 Å². The van der Waals surface area contributed by atoms with Crippen LogP contribution in [0, 0.1) is 12.7 Å². The van der Waals surface area contributed by atoms with Crippen molar-refractivity contribution in [3.63, 3.8) is 0 Å². The minimum absolute atomic E-state index is 0.00891. The lowest BCUT2D eigenvalue weighted by Crippen LogP contribution is -2.31. The fourth-order valence-electron chi connectivity index (χ4n) is 1.96. The van der Waals surface area contributed by atoms with Gasteiger partial charge in [0, 0.05) is 24.0 Å². The molecule has 4 nitrogen and oxygen atoms in total. The summed E-state index contributed by atoms with van der Waals surface area (Å²) in [4.78, 5) is 0. The van der Waals surface area contributed by atoms with Crippen molar-refractivity contribution >= 4 is 34.6 Å². The van der Waals surface area contributed by atoms with Crippen LogP contribution >= 0.6 is 23.8 Å². The summed E-state index contributed by atoms with van der Waals surface area (Å²) in [7, 11) is 1.89. The van der Waals surface area contributed by atoms with Crippen molar-refractivity contribution in [1.29, 1.82) is 0 Å². The normalized spacial score (nSPS) is 12.0. The third-order valence-electron chi connectivity index (χ3n) is 3.26. The molecule has 0 radical (unpaired) electrons. The van der Waals surface area contributed by atoms with Crippen LogP contribution in [0.5, 0.6) is 0 Å². The number of hydrogen-bond donors (Lipinski definition) is 2. The summed E-state index contributed by atoms with van der Waals surface area (Å²) in [6.07, 6.45) is 1.81. The van der Waals surface area contributed by atoms with Gasteiger partial charge in [-0.1, -0.05) is 11.6 Å². The van der Waals surface area contributed by atoms with Gasteiger partial charge in [-0.25, -0.2) is 4.39 Å². The Balaban J connectivity index is 2.01. The lowest BCUT2D eigenvalue weighted by Gasteiger charge is -2.17. The molecule has 0 saturated heterocycles. The van der Waals surface area contributed by atoms with Gasteiger partial charge in [0.15, 0.2) is 5.11 Å². The van der Waals surface area contributed by atoms with Crippen LogP contribution in [0.2, 0.25) is 5.02 Å². The van der Waals surface area contributed by atoms with Crippen LogP contribution in [-0.2, 0) is 7.05 Å². The third-order valence-corrected chi connectivity index (χ3v) is 3.77. The van der Waals surface area contributed by atoms with Gasteiger partial charge in [0.1, 0.15) is 5.82 Å².